The van der Waals surface area contributed by atoms with Crippen molar-refractivity contribution < 1.29 is 39.0 Å². The molecule has 7 nitrogen and oxygen atoms in total. The molecule has 2 aromatic carbocycles. The van der Waals surface area contributed by atoms with E-state index < -0.39 is 11.9 Å². The van der Waals surface area contributed by atoms with Crippen molar-refractivity contribution in [3.63, 3.8) is 0 Å². The van der Waals surface area contributed by atoms with Gasteiger partial charge >= 0.3 is 126 Å². The molecule has 2 rings (SSSR count). The van der Waals surface area contributed by atoms with Gasteiger partial charge in [-0.1, -0.05) is 31.2 Å². The van der Waals surface area contributed by atoms with Crippen LogP contribution in [0.1, 0.15) is 45.2 Å². The second-order valence-electron chi connectivity index (χ2n) is 5.80. The van der Waals surface area contributed by atoms with Gasteiger partial charge in [0.1, 0.15) is 0 Å². The van der Waals surface area contributed by atoms with Crippen molar-refractivity contribution in [1.29, 1.82) is 0 Å². The molecule has 0 aliphatic carbocycles. The molecule has 14 heteroatoms. The van der Waals surface area contributed by atoms with Crippen LogP contribution >= 0.6 is 99.9 Å². The van der Waals surface area contributed by atoms with Gasteiger partial charge < -0.3 is 21.3 Å². The van der Waals surface area contributed by atoms with Gasteiger partial charge in [0.05, 0.1) is 16.8 Å². The SMILES string of the molecule is CCC(=O)Nc1cccc(C)c1C(=O)O.Cc1cccc(N)c1C(=O)O.[I][V]([I])[I].[I][V][I]. The summed E-state index contributed by atoms with van der Waals surface area (Å²) >= 11 is 12.1. The number of hydrogen-bond acceptors (Lipinski definition) is 4. The summed E-state index contributed by atoms with van der Waals surface area (Å²) in [5, 5.41) is 20.2. The monoisotopic (exact) mass is 1090 g/mol. The molecule has 2 aromatic rings. The van der Waals surface area contributed by atoms with Gasteiger partial charge in [-0.2, -0.15) is 0 Å². The molecule has 0 unspecified atom stereocenters. The Labute approximate surface area is 260 Å². The van der Waals surface area contributed by atoms with E-state index in [1.807, 2.05) is 0 Å². The fraction of sp³-hybridized carbons (Fsp3) is 0.211. The minimum absolute atomic E-state index is 0.152. The predicted octanol–water partition coefficient (Wildman–Crippen LogP) is 7.74. The molecule has 0 atom stereocenters. The fourth-order valence-electron chi connectivity index (χ4n) is 2.28. The van der Waals surface area contributed by atoms with Gasteiger partial charge in [-0.05, 0) is 37.1 Å². The van der Waals surface area contributed by atoms with E-state index in [4.69, 9.17) is 15.9 Å². The molecule has 0 aliphatic rings. The van der Waals surface area contributed by atoms with E-state index in [0.717, 1.165) is 0 Å². The fourth-order valence-corrected chi connectivity index (χ4v) is 2.28. The van der Waals surface area contributed by atoms with Crippen LogP contribution in [-0.2, 0) is 19.2 Å². The van der Waals surface area contributed by atoms with E-state index in [1.165, 1.54) is 0 Å². The summed E-state index contributed by atoms with van der Waals surface area (Å²) in [7, 11) is 0.628. The molecule has 0 aliphatic heterocycles. The zero-order valence-electron chi connectivity index (χ0n) is 17.7. The quantitative estimate of drug-likeness (QED) is 0.183. The Morgan fingerprint density at radius 2 is 1.33 bits per heavy atom. The second kappa shape index (κ2) is 21.5. The number of carboxylic acids is 2. The van der Waals surface area contributed by atoms with Gasteiger partial charge in [0, 0.05) is 12.1 Å². The van der Waals surface area contributed by atoms with Crippen LogP contribution in [0.3, 0.4) is 0 Å². The zero-order chi connectivity index (χ0) is 26.1. The Hall–Kier alpha value is 1.47. The molecule has 0 saturated heterocycles. The van der Waals surface area contributed by atoms with Crippen LogP contribution < -0.4 is 11.1 Å². The number of rotatable bonds is 4. The van der Waals surface area contributed by atoms with Crippen LogP contribution in [0, 0.1) is 13.8 Å². The number of aromatic carboxylic acids is 2. The van der Waals surface area contributed by atoms with Gasteiger partial charge in [0.25, 0.3) is 0 Å². The second-order valence-corrected chi connectivity index (χ2v) is 53.0. The van der Waals surface area contributed by atoms with Crippen LogP contribution in [0.15, 0.2) is 36.4 Å². The minimum atomic E-state index is -1.03. The summed E-state index contributed by atoms with van der Waals surface area (Å²) in [6, 6.07) is 10.0. The number of nitrogens with one attached hydrogen (secondary N) is 1. The summed E-state index contributed by atoms with van der Waals surface area (Å²) in [5.74, 6) is -2.19. The zero-order valence-corrected chi connectivity index (χ0v) is 31.2. The van der Waals surface area contributed by atoms with Crippen molar-refractivity contribution in [3.05, 3.63) is 58.7 Å². The third-order valence-corrected chi connectivity index (χ3v) is 3.60. The number of nitrogens with two attached hydrogens (primary N) is 1. The number of amides is 1. The molecule has 5 N–H and O–H groups in total. The van der Waals surface area contributed by atoms with Crippen LogP contribution in [0.4, 0.5) is 11.4 Å². The number of nitrogen functional groups attached to an aromatic ring is 1. The molecule has 183 valence electrons. The third kappa shape index (κ3) is 17.5. The van der Waals surface area contributed by atoms with E-state index >= 15 is 0 Å². The first-order chi connectivity index (χ1) is 15.3. The molecular formula is C19H22I5N2O5V2. The molecular weight excluding hydrogens is 1070 g/mol. The summed E-state index contributed by atoms with van der Waals surface area (Å²) in [6.07, 6.45) is 0.326. The molecule has 33 heavy (non-hydrogen) atoms. The van der Waals surface area contributed by atoms with Gasteiger partial charge in [-0.3, -0.25) is 4.79 Å². The van der Waals surface area contributed by atoms with Crippen molar-refractivity contribution >= 4 is 129 Å². The van der Waals surface area contributed by atoms with Crippen molar-refractivity contribution in [2.24, 2.45) is 0 Å². The Morgan fingerprint density at radius 1 is 0.939 bits per heavy atom. The van der Waals surface area contributed by atoms with E-state index in [2.05, 4.69) is 105 Å². The van der Waals surface area contributed by atoms with Gasteiger partial charge in [-0.25, -0.2) is 9.59 Å². The average molecular weight is 1090 g/mol. The van der Waals surface area contributed by atoms with E-state index in [1.54, 1.807) is 57.2 Å². The van der Waals surface area contributed by atoms with E-state index in [-0.39, 0.29) is 22.0 Å². The summed E-state index contributed by atoms with van der Waals surface area (Å²) in [4.78, 5) is 32.4. The Morgan fingerprint density at radius 3 is 1.67 bits per heavy atom. The standard InChI is InChI=1S/C11H13NO3.C8H9NO2.5HI.2V/c1-3-9(13)12-8-6-4-5-7(2)10(8)11(14)15;1-5-3-2-4-6(9)7(5)8(10)11;;;;;;;/h4-6H,3H2,1-2H3,(H,12,13)(H,14,15);2-4H,9H2,1H3,(H,10,11);5*1H;;/q;;;;;;;+2;+3/p-5. The number of carboxylic acid groups (broad SMARTS) is 2. The summed E-state index contributed by atoms with van der Waals surface area (Å²) in [5.41, 5.74) is 7.80. The number of carbonyl (C=O) groups excluding carboxylic acids is 1. The summed E-state index contributed by atoms with van der Waals surface area (Å²) < 4.78 is 0. The molecule has 0 heterocycles. The number of halogens is 5. The first kappa shape index (κ1) is 36.6. The summed E-state index contributed by atoms with van der Waals surface area (Å²) in [6.45, 7) is 5.14. The Balaban J connectivity index is 0. The Bertz CT molecular complexity index is 897. The van der Waals surface area contributed by atoms with Gasteiger partial charge in [0.2, 0.25) is 5.91 Å². The molecule has 0 fully saturated rings. The van der Waals surface area contributed by atoms with Crippen LogP contribution in [-0.4, -0.2) is 28.1 Å². The van der Waals surface area contributed by atoms with Crippen molar-refractivity contribution in [1.82, 2.24) is 0 Å². The topological polar surface area (TPSA) is 130 Å². The first-order valence-corrected chi connectivity index (χ1v) is 31.3. The Kier molecular flexibility index (Phi) is 23.9. The number of anilines is 2. The predicted molar refractivity (Wildman–Crippen MR) is 170 cm³/mol. The molecule has 0 saturated carbocycles. The molecule has 0 aromatic heterocycles. The van der Waals surface area contributed by atoms with Crippen LogP contribution in [0.25, 0.3) is 0 Å². The first-order valence-electron chi connectivity index (χ1n) is 8.74. The molecule has 1 amide bonds. The van der Waals surface area contributed by atoms with Crippen molar-refractivity contribution in [3.8, 4) is 0 Å². The van der Waals surface area contributed by atoms with Crippen LogP contribution in [0.2, 0.25) is 0 Å². The number of hydrogen-bond donors (Lipinski definition) is 4. The van der Waals surface area contributed by atoms with Gasteiger partial charge in [-0.15, -0.1) is 0 Å². The van der Waals surface area contributed by atoms with Crippen molar-refractivity contribution in [2.75, 3.05) is 11.1 Å². The van der Waals surface area contributed by atoms with E-state index in [9.17, 15) is 14.4 Å². The average Bonchev–Trinajstić information content (AvgIpc) is 2.68. The van der Waals surface area contributed by atoms with Crippen LogP contribution in [0.5, 0.6) is 0 Å². The van der Waals surface area contributed by atoms with Crippen molar-refractivity contribution in [2.45, 2.75) is 27.2 Å². The number of benzene rings is 2. The number of carbonyl (C=O) groups is 3. The normalized spacial score (nSPS) is 9.12. The molecule has 0 bridgehead atoms. The molecule has 0 spiro atoms. The van der Waals surface area contributed by atoms with E-state index in [0.29, 0.717) is 38.4 Å². The maximum atomic E-state index is 11.2. The third-order valence-electron chi connectivity index (χ3n) is 3.60. The maximum absolute atomic E-state index is 11.2. The number of aryl methyl sites for hydroxylation is 2. The van der Waals surface area contributed by atoms with Gasteiger partial charge in [0.15, 0.2) is 0 Å². The molecule has 0 radical (unpaired) electrons.